The standard InChI is InChI=1S/C27H34N4O3/c1-20(2)17-31-21(3)14-24(22(31)4)15-25(16-28)27(33)34-19-26(32)30-12-10-29(11-13-30)18-23-8-6-5-7-9-23/h5-9,14-15,20H,10-13,17-19H2,1-4H3. The molecule has 0 saturated carbocycles. The zero-order valence-corrected chi connectivity index (χ0v) is 20.6. The van der Waals surface area contributed by atoms with Crippen molar-refractivity contribution in [1.29, 1.82) is 5.26 Å². The van der Waals surface area contributed by atoms with Gasteiger partial charge in [0, 0.05) is 50.7 Å². The van der Waals surface area contributed by atoms with Crippen LogP contribution >= 0.6 is 0 Å². The van der Waals surface area contributed by atoms with Crippen molar-refractivity contribution in [2.24, 2.45) is 5.92 Å². The van der Waals surface area contributed by atoms with E-state index in [-0.39, 0.29) is 18.1 Å². The molecule has 34 heavy (non-hydrogen) atoms. The number of benzene rings is 1. The topological polar surface area (TPSA) is 78.6 Å². The average Bonchev–Trinajstić information content (AvgIpc) is 3.08. The maximum atomic E-state index is 12.6. The van der Waals surface area contributed by atoms with E-state index in [2.05, 4.69) is 35.4 Å². The zero-order valence-electron chi connectivity index (χ0n) is 20.6. The normalized spacial score (nSPS) is 14.8. The Balaban J connectivity index is 1.52. The van der Waals surface area contributed by atoms with E-state index in [1.54, 1.807) is 11.0 Å². The number of aryl methyl sites for hydroxylation is 1. The van der Waals surface area contributed by atoms with Crippen LogP contribution in [0, 0.1) is 31.1 Å². The van der Waals surface area contributed by atoms with E-state index in [0.717, 1.165) is 43.1 Å². The number of aromatic nitrogens is 1. The molecule has 0 atom stereocenters. The molecular formula is C27H34N4O3. The van der Waals surface area contributed by atoms with E-state index in [9.17, 15) is 14.9 Å². The highest BCUT2D eigenvalue weighted by Gasteiger charge is 2.23. The molecule has 1 fully saturated rings. The number of nitriles is 1. The number of piperazine rings is 1. The van der Waals surface area contributed by atoms with Crippen LogP contribution in [0.1, 0.15) is 36.4 Å². The van der Waals surface area contributed by atoms with Crippen LogP contribution in [0.3, 0.4) is 0 Å². The molecule has 1 amide bonds. The van der Waals surface area contributed by atoms with Gasteiger partial charge in [-0.05, 0) is 43.0 Å². The van der Waals surface area contributed by atoms with Crippen LogP contribution in [0.4, 0.5) is 0 Å². The van der Waals surface area contributed by atoms with Crippen LogP contribution in [0.15, 0.2) is 42.0 Å². The number of ether oxygens (including phenoxy) is 1. The highest BCUT2D eigenvalue weighted by molar-refractivity contribution is 5.99. The Bertz CT molecular complexity index is 1070. The summed E-state index contributed by atoms with van der Waals surface area (Å²) in [6.07, 6.45) is 1.55. The number of nitrogens with zero attached hydrogens (tertiary/aromatic N) is 4. The maximum absolute atomic E-state index is 12.6. The van der Waals surface area contributed by atoms with E-state index in [4.69, 9.17) is 4.74 Å². The largest absolute Gasteiger partial charge is 0.451 e. The van der Waals surface area contributed by atoms with Crippen LogP contribution in [0.2, 0.25) is 0 Å². The fourth-order valence-electron chi connectivity index (χ4n) is 4.21. The lowest BCUT2D eigenvalue weighted by Crippen LogP contribution is -2.49. The Kier molecular flexibility index (Phi) is 8.67. The van der Waals surface area contributed by atoms with Gasteiger partial charge in [0.25, 0.3) is 5.91 Å². The molecule has 1 aromatic heterocycles. The fraction of sp³-hybridized carbons (Fsp3) is 0.444. The summed E-state index contributed by atoms with van der Waals surface area (Å²) in [6, 6.07) is 14.1. The van der Waals surface area contributed by atoms with Gasteiger partial charge in [0.2, 0.25) is 0 Å². The Labute approximate surface area is 202 Å². The number of hydrogen-bond acceptors (Lipinski definition) is 5. The van der Waals surface area contributed by atoms with Crippen LogP contribution in [-0.2, 0) is 27.4 Å². The summed E-state index contributed by atoms with van der Waals surface area (Å²) in [5.74, 6) is -0.527. The molecule has 1 aromatic carbocycles. The van der Waals surface area contributed by atoms with Crippen molar-refractivity contribution < 1.29 is 14.3 Å². The minimum Gasteiger partial charge on any atom is -0.451 e. The SMILES string of the molecule is Cc1cc(C=C(C#N)C(=O)OCC(=O)N2CCN(Cc3ccccc3)CC2)c(C)n1CC(C)C. The summed E-state index contributed by atoms with van der Waals surface area (Å²) in [5, 5.41) is 9.51. The molecule has 3 rings (SSSR count). The summed E-state index contributed by atoms with van der Waals surface area (Å²) in [7, 11) is 0. The van der Waals surface area contributed by atoms with Crippen LogP contribution in [0.25, 0.3) is 6.08 Å². The minimum atomic E-state index is -0.771. The van der Waals surface area contributed by atoms with E-state index in [1.165, 1.54) is 5.56 Å². The molecule has 1 saturated heterocycles. The second-order valence-corrected chi connectivity index (χ2v) is 9.22. The van der Waals surface area contributed by atoms with Gasteiger partial charge in [-0.2, -0.15) is 5.26 Å². The van der Waals surface area contributed by atoms with E-state index >= 15 is 0 Å². The Hall–Kier alpha value is -3.37. The maximum Gasteiger partial charge on any atom is 0.349 e. The first kappa shape index (κ1) is 25.3. The monoisotopic (exact) mass is 462 g/mol. The Morgan fingerprint density at radius 1 is 1.12 bits per heavy atom. The summed E-state index contributed by atoms with van der Waals surface area (Å²) < 4.78 is 7.38. The molecule has 0 aliphatic carbocycles. The predicted molar refractivity (Wildman–Crippen MR) is 132 cm³/mol. The van der Waals surface area contributed by atoms with E-state index in [0.29, 0.717) is 19.0 Å². The predicted octanol–water partition coefficient (Wildman–Crippen LogP) is 3.56. The summed E-state index contributed by atoms with van der Waals surface area (Å²) in [4.78, 5) is 29.1. The molecule has 1 aliphatic rings. The number of rotatable bonds is 8. The lowest BCUT2D eigenvalue weighted by molar-refractivity contribution is -0.149. The zero-order chi connectivity index (χ0) is 24.7. The number of hydrogen-bond donors (Lipinski definition) is 0. The first-order valence-electron chi connectivity index (χ1n) is 11.8. The molecule has 0 N–H and O–H groups in total. The van der Waals surface area contributed by atoms with Gasteiger partial charge in [0.1, 0.15) is 11.6 Å². The van der Waals surface area contributed by atoms with Gasteiger partial charge in [-0.25, -0.2) is 4.79 Å². The van der Waals surface area contributed by atoms with Gasteiger partial charge < -0.3 is 14.2 Å². The highest BCUT2D eigenvalue weighted by atomic mass is 16.5. The van der Waals surface area contributed by atoms with Crippen molar-refractivity contribution in [2.75, 3.05) is 32.8 Å². The third kappa shape index (κ3) is 6.58. The molecule has 2 heterocycles. The van der Waals surface area contributed by atoms with Crippen molar-refractivity contribution >= 4 is 18.0 Å². The van der Waals surface area contributed by atoms with Crippen molar-refractivity contribution in [3.63, 3.8) is 0 Å². The average molecular weight is 463 g/mol. The smallest absolute Gasteiger partial charge is 0.349 e. The van der Waals surface area contributed by atoms with Gasteiger partial charge in [-0.15, -0.1) is 0 Å². The minimum absolute atomic E-state index is 0.106. The molecule has 0 bridgehead atoms. The lowest BCUT2D eigenvalue weighted by Gasteiger charge is -2.34. The first-order chi connectivity index (χ1) is 16.3. The van der Waals surface area contributed by atoms with E-state index < -0.39 is 5.97 Å². The second-order valence-electron chi connectivity index (χ2n) is 9.22. The summed E-state index contributed by atoms with van der Waals surface area (Å²) in [6.45, 7) is 12.4. The molecule has 0 spiro atoms. The molecule has 0 unspecified atom stereocenters. The van der Waals surface area contributed by atoms with Crippen molar-refractivity contribution in [3.05, 3.63) is 64.5 Å². The first-order valence-corrected chi connectivity index (χ1v) is 11.8. The Morgan fingerprint density at radius 2 is 1.79 bits per heavy atom. The van der Waals surface area contributed by atoms with E-state index in [1.807, 2.05) is 44.2 Å². The van der Waals surface area contributed by atoms with Gasteiger partial charge in [-0.1, -0.05) is 44.2 Å². The van der Waals surface area contributed by atoms with Gasteiger partial charge >= 0.3 is 5.97 Å². The third-order valence-corrected chi connectivity index (χ3v) is 6.10. The highest BCUT2D eigenvalue weighted by Crippen LogP contribution is 2.20. The van der Waals surface area contributed by atoms with Gasteiger partial charge in [-0.3, -0.25) is 9.69 Å². The number of amides is 1. The van der Waals surface area contributed by atoms with Gasteiger partial charge in [0.15, 0.2) is 6.61 Å². The quantitative estimate of drug-likeness (QED) is 0.341. The molecule has 7 nitrogen and oxygen atoms in total. The molecule has 180 valence electrons. The lowest BCUT2D eigenvalue weighted by atomic mass is 10.1. The van der Waals surface area contributed by atoms with Gasteiger partial charge in [0.05, 0.1) is 0 Å². The van der Waals surface area contributed by atoms with Crippen LogP contribution in [-0.4, -0.2) is 59.0 Å². The van der Waals surface area contributed by atoms with Crippen molar-refractivity contribution in [3.8, 4) is 6.07 Å². The molecule has 7 heteroatoms. The van der Waals surface area contributed by atoms with Crippen LogP contribution < -0.4 is 0 Å². The fourth-order valence-corrected chi connectivity index (χ4v) is 4.21. The van der Waals surface area contributed by atoms with Crippen LogP contribution in [0.5, 0.6) is 0 Å². The molecule has 1 aliphatic heterocycles. The second kappa shape index (κ2) is 11.7. The molecular weight excluding hydrogens is 428 g/mol. The van der Waals surface area contributed by atoms with Crippen molar-refractivity contribution in [1.82, 2.24) is 14.4 Å². The molecule has 0 radical (unpaired) electrons. The summed E-state index contributed by atoms with van der Waals surface area (Å²) >= 11 is 0. The number of esters is 1. The number of carbonyl (C=O) groups excluding carboxylic acids is 2. The molecule has 2 aromatic rings. The van der Waals surface area contributed by atoms with Crippen molar-refractivity contribution in [2.45, 2.75) is 40.8 Å². The Morgan fingerprint density at radius 3 is 2.41 bits per heavy atom. The number of carbonyl (C=O) groups is 2. The third-order valence-electron chi connectivity index (χ3n) is 6.10. The summed E-state index contributed by atoms with van der Waals surface area (Å²) in [5.41, 5.74) is 4.02.